The first-order valence-electron chi connectivity index (χ1n) is 9.52. The second-order valence-corrected chi connectivity index (χ2v) is 6.88. The monoisotopic (exact) mass is 388 g/mol. The standard InChI is InChI=1S/C23H24N4O2/c1-16(18-7-11-24-12-8-18)26-22(28)15-20-5-3-4-6-21(20)23(29)27-17(2)19-9-13-25-14-10-19/h3-14,16-17H,15H2,1-2H3,(H,26,28)(H,27,29). The van der Waals surface area contributed by atoms with E-state index < -0.39 is 0 Å². The molecule has 0 fully saturated rings. The molecule has 2 heterocycles. The van der Waals surface area contributed by atoms with Crippen molar-refractivity contribution in [2.24, 2.45) is 0 Å². The van der Waals surface area contributed by atoms with Crippen molar-refractivity contribution in [3.63, 3.8) is 0 Å². The van der Waals surface area contributed by atoms with Gasteiger partial charge in [0.05, 0.1) is 18.5 Å². The zero-order valence-electron chi connectivity index (χ0n) is 16.5. The number of aromatic nitrogens is 2. The van der Waals surface area contributed by atoms with Gasteiger partial charge in [-0.05, 0) is 60.9 Å². The van der Waals surface area contributed by atoms with Crippen LogP contribution in [0.3, 0.4) is 0 Å². The third-order valence-corrected chi connectivity index (χ3v) is 4.75. The summed E-state index contributed by atoms with van der Waals surface area (Å²) >= 11 is 0. The van der Waals surface area contributed by atoms with Crippen LogP contribution in [0, 0.1) is 0 Å². The number of hydrogen-bond donors (Lipinski definition) is 2. The van der Waals surface area contributed by atoms with Gasteiger partial charge in [0.25, 0.3) is 5.91 Å². The van der Waals surface area contributed by atoms with Crippen molar-refractivity contribution in [3.05, 3.63) is 95.6 Å². The highest BCUT2D eigenvalue weighted by Gasteiger charge is 2.17. The lowest BCUT2D eigenvalue weighted by Crippen LogP contribution is -2.30. The van der Waals surface area contributed by atoms with Crippen molar-refractivity contribution < 1.29 is 9.59 Å². The Kier molecular flexibility index (Phi) is 6.68. The van der Waals surface area contributed by atoms with Gasteiger partial charge in [-0.3, -0.25) is 19.6 Å². The molecule has 2 unspecified atom stereocenters. The summed E-state index contributed by atoms with van der Waals surface area (Å²) in [6.45, 7) is 3.83. The highest BCUT2D eigenvalue weighted by atomic mass is 16.2. The highest BCUT2D eigenvalue weighted by molar-refractivity contribution is 5.97. The van der Waals surface area contributed by atoms with E-state index in [-0.39, 0.29) is 30.3 Å². The molecule has 29 heavy (non-hydrogen) atoms. The molecule has 0 aliphatic heterocycles. The summed E-state index contributed by atoms with van der Waals surface area (Å²) < 4.78 is 0. The Bertz CT molecular complexity index is 961. The predicted molar refractivity (Wildman–Crippen MR) is 111 cm³/mol. The molecule has 0 saturated heterocycles. The van der Waals surface area contributed by atoms with Gasteiger partial charge in [0.15, 0.2) is 0 Å². The molecule has 0 aliphatic rings. The van der Waals surface area contributed by atoms with Crippen LogP contribution in [0.15, 0.2) is 73.3 Å². The Morgan fingerprint density at radius 3 is 1.90 bits per heavy atom. The van der Waals surface area contributed by atoms with E-state index in [9.17, 15) is 9.59 Å². The average molecular weight is 388 g/mol. The summed E-state index contributed by atoms with van der Waals surface area (Å²) in [7, 11) is 0. The molecule has 0 saturated carbocycles. The van der Waals surface area contributed by atoms with Crippen LogP contribution < -0.4 is 10.6 Å². The number of nitrogens with one attached hydrogen (secondary N) is 2. The van der Waals surface area contributed by atoms with E-state index in [0.29, 0.717) is 11.1 Å². The van der Waals surface area contributed by atoms with Gasteiger partial charge in [-0.2, -0.15) is 0 Å². The van der Waals surface area contributed by atoms with Crippen LogP contribution in [0.2, 0.25) is 0 Å². The molecule has 2 amide bonds. The van der Waals surface area contributed by atoms with E-state index in [1.54, 1.807) is 36.9 Å². The predicted octanol–water partition coefficient (Wildman–Crippen LogP) is 3.39. The van der Waals surface area contributed by atoms with Crippen molar-refractivity contribution in [1.29, 1.82) is 0 Å². The molecule has 3 aromatic rings. The van der Waals surface area contributed by atoms with E-state index >= 15 is 0 Å². The molecule has 6 nitrogen and oxygen atoms in total. The minimum absolute atomic E-state index is 0.128. The minimum atomic E-state index is -0.208. The van der Waals surface area contributed by atoms with Gasteiger partial charge >= 0.3 is 0 Å². The number of amides is 2. The molecular formula is C23H24N4O2. The summed E-state index contributed by atoms with van der Waals surface area (Å²) in [5.41, 5.74) is 3.13. The first kappa shape index (κ1) is 20.2. The van der Waals surface area contributed by atoms with Crippen LogP contribution >= 0.6 is 0 Å². The molecule has 2 N–H and O–H groups in total. The first-order chi connectivity index (χ1) is 14.0. The van der Waals surface area contributed by atoms with E-state index in [0.717, 1.165) is 11.1 Å². The van der Waals surface area contributed by atoms with E-state index in [2.05, 4.69) is 20.6 Å². The fourth-order valence-corrected chi connectivity index (χ4v) is 3.11. The van der Waals surface area contributed by atoms with Gasteiger partial charge < -0.3 is 10.6 Å². The Balaban J connectivity index is 1.66. The quantitative estimate of drug-likeness (QED) is 0.650. The van der Waals surface area contributed by atoms with Crippen LogP contribution in [0.4, 0.5) is 0 Å². The largest absolute Gasteiger partial charge is 0.349 e. The summed E-state index contributed by atoms with van der Waals surface area (Å²) in [6, 6.07) is 14.3. The molecule has 0 spiro atoms. The normalized spacial score (nSPS) is 12.6. The number of benzene rings is 1. The van der Waals surface area contributed by atoms with Gasteiger partial charge in [0, 0.05) is 30.4 Å². The number of rotatable bonds is 7. The van der Waals surface area contributed by atoms with Crippen LogP contribution in [0.1, 0.15) is 53.0 Å². The topological polar surface area (TPSA) is 84.0 Å². The van der Waals surface area contributed by atoms with Crippen LogP contribution in [0.5, 0.6) is 0 Å². The first-order valence-corrected chi connectivity index (χ1v) is 9.52. The molecule has 0 bridgehead atoms. The molecule has 2 aromatic heterocycles. The van der Waals surface area contributed by atoms with Crippen molar-refractivity contribution in [3.8, 4) is 0 Å². The number of carbonyl (C=O) groups excluding carboxylic acids is 2. The lowest BCUT2D eigenvalue weighted by atomic mass is 10.0. The minimum Gasteiger partial charge on any atom is -0.349 e. The van der Waals surface area contributed by atoms with Crippen molar-refractivity contribution >= 4 is 11.8 Å². The van der Waals surface area contributed by atoms with Crippen molar-refractivity contribution in [2.75, 3.05) is 0 Å². The lowest BCUT2D eigenvalue weighted by Gasteiger charge is -2.17. The molecule has 6 heteroatoms. The maximum Gasteiger partial charge on any atom is 0.252 e. The van der Waals surface area contributed by atoms with Crippen molar-refractivity contribution in [2.45, 2.75) is 32.4 Å². The van der Waals surface area contributed by atoms with Gasteiger partial charge in [0.1, 0.15) is 0 Å². The number of nitrogens with zero attached hydrogens (tertiary/aromatic N) is 2. The molecule has 148 valence electrons. The fourth-order valence-electron chi connectivity index (χ4n) is 3.11. The van der Waals surface area contributed by atoms with Gasteiger partial charge in [-0.25, -0.2) is 0 Å². The van der Waals surface area contributed by atoms with Gasteiger partial charge in [-0.1, -0.05) is 18.2 Å². The summed E-state index contributed by atoms with van der Waals surface area (Å²) in [5, 5.41) is 5.96. The summed E-state index contributed by atoms with van der Waals surface area (Å²) in [6.07, 6.45) is 6.91. The van der Waals surface area contributed by atoms with Gasteiger partial charge in [0.2, 0.25) is 5.91 Å². The zero-order chi connectivity index (χ0) is 20.6. The molecular weight excluding hydrogens is 364 g/mol. The second-order valence-electron chi connectivity index (χ2n) is 6.88. The summed E-state index contributed by atoms with van der Waals surface area (Å²) in [4.78, 5) is 33.3. The van der Waals surface area contributed by atoms with Gasteiger partial charge in [-0.15, -0.1) is 0 Å². The van der Waals surface area contributed by atoms with Crippen LogP contribution in [0.25, 0.3) is 0 Å². The molecule has 3 rings (SSSR count). The fraction of sp³-hybridized carbons (Fsp3) is 0.217. The zero-order valence-corrected chi connectivity index (χ0v) is 16.5. The molecule has 0 aliphatic carbocycles. The summed E-state index contributed by atoms with van der Waals surface area (Å²) in [5.74, 6) is -0.350. The lowest BCUT2D eigenvalue weighted by molar-refractivity contribution is -0.121. The maximum absolute atomic E-state index is 12.8. The third kappa shape index (κ3) is 5.48. The van der Waals surface area contributed by atoms with Crippen molar-refractivity contribution in [1.82, 2.24) is 20.6 Å². The van der Waals surface area contributed by atoms with Crippen LogP contribution in [-0.2, 0) is 11.2 Å². The number of hydrogen-bond acceptors (Lipinski definition) is 4. The van der Waals surface area contributed by atoms with Crippen LogP contribution in [-0.4, -0.2) is 21.8 Å². The van der Waals surface area contributed by atoms with E-state index in [4.69, 9.17) is 0 Å². The highest BCUT2D eigenvalue weighted by Crippen LogP contribution is 2.16. The molecule has 0 radical (unpaired) electrons. The number of pyridine rings is 2. The van der Waals surface area contributed by atoms with E-state index in [1.807, 2.05) is 50.2 Å². The molecule has 1 aromatic carbocycles. The average Bonchev–Trinajstić information content (AvgIpc) is 2.75. The Morgan fingerprint density at radius 2 is 1.31 bits per heavy atom. The smallest absolute Gasteiger partial charge is 0.252 e. The SMILES string of the molecule is CC(NC(=O)Cc1ccccc1C(=O)NC(C)c1ccncc1)c1ccncc1. The Morgan fingerprint density at radius 1 is 0.793 bits per heavy atom. The third-order valence-electron chi connectivity index (χ3n) is 4.75. The second kappa shape index (κ2) is 9.59. The number of carbonyl (C=O) groups is 2. The Hall–Kier alpha value is -3.54. The van der Waals surface area contributed by atoms with E-state index in [1.165, 1.54) is 0 Å². The Labute approximate surface area is 170 Å². The maximum atomic E-state index is 12.8. The molecule has 2 atom stereocenters.